The van der Waals surface area contributed by atoms with Gasteiger partial charge in [0.2, 0.25) is 11.8 Å². The lowest BCUT2D eigenvalue weighted by atomic mass is 10.0. The summed E-state index contributed by atoms with van der Waals surface area (Å²) in [6.45, 7) is 6.90. The first kappa shape index (κ1) is 18.5. The maximum Gasteiger partial charge on any atom is 0.255 e. The molecule has 7 heteroatoms. The number of fused-ring (bicyclic) bond motifs is 1. The molecule has 1 aromatic rings. The zero-order chi connectivity index (χ0) is 18.8. The van der Waals surface area contributed by atoms with Gasteiger partial charge in [-0.2, -0.15) is 0 Å². The van der Waals surface area contributed by atoms with Gasteiger partial charge in [0.25, 0.3) is 5.91 Å². The Labute approximate surface area is 153 Å². The monoisotopic (exact) mass is 358 g/mol. The van der Waals surface area contributed by atoms with Crippen molar-refractivity contribution in [3.63, 3.8) is 0 Å². The van der Waals surface area contributed by atoms with Crippen LogP contribution in [0.4, 0.5) is 0 Å². The van der Waals surface area contributed by atoms with E-state index in [0.717, 1.165) is 30.8 Å². The molecule has 1 aromatic carbocycles. The Hall–Kier alpha value is -2.25. The summed E-state index contributed by atoms with van der Waals surface area (Å²) in [5, 5.41) is 2.33. The van der Waals surface area contributed by atoms with E-state index in [1.165, 1.54) is 0 Å². The van der Waals surface area contributed by atoms with Crippen molar-refractivity contribution in [2.75, 3.05) is 13.1 Å². The molecule has 0 aliphatic carbocycles. The number of nitrogens with two attached hydrogens (primary N) is 1. The van der Waals surface area contributed by atoms with Gasteiger partial charge in [0, 0.05) is 37.7 Å². The van der Waals surface area contributed by atoms with Gasteiger partial charge in [0.15, 0.2) is 0 Å². The summed E-state index contributed by atoms with van der Waals surface area (Å²) in [6, 6.07) is 5.45. The number of amides is 3. The van der Waals surface area contributed by atoms with E-state index in [-0.39, 0.29) is 30.2 Å². The van der Waals surface area contributed by atoms with Crippen molar-refractivity contribution in [1.29, 1.82) is 0 Å². The molecular weight excluding hydrogens is 332 g/mol. The van der Waals surface area contributed by atoms with Gasteiger partial charge in [-0.05, 0) is 37.1 Å². The third kappa shape index (κ3) is 3.78. The van der Waals surface area contributed by atoms with Gasteiger partial charge < -0.3 is 10.6 Å². The summed E-state index contributed by atoms with van der Waals surface area (Å²) in [7, 11) is 0. The van der Waals surface area contributed by atoms with Crippen LogP contribution in [0.15, 0.2) is 18.2 Å². The molecule has 1 saturated heterocycles. The highest BCUT2D eigenvalue weighted by Crippen LogP contribution is 2.28. The lowest BCUT2D eigenvalue weighted by Gasteiger charge is -2.29. The molecule has 140 valence electrons. The number of hydrogen-bond acceptors (Lipinski definition) is 5. The Morgan fingerprint density at radius 2 is 2.12 bits per heavy atom. The maximum absolute atomic E-state index is 12.8. The molecule has 2 atom stereocenters. The molecule has 3 rings (SSSR count). The SMILES string of the molecule is CCN(Cc1ccc2c(c1)C(=O)N(C1CCC(=O)NC1=O)C2)CC(C)N. The minimum absolute atomic E-state index is 0.0917. The van der Waals surface area contributed by atoms with Crippen LogP contribution in [0.25, 0.3) is 0 Å². The fourth-order valence-corrected chi connectivity index (χ4v) is 3.67. The second-order valence-corrected chi connectivity index (χ2v) is 7.20. The molecule has 0 bridgehead atoms. The summed E-state index contributed by atoms with van der Waals surface area (Å²) in [4.78, 5) is 40.1. The predicted octanol–water partition coefficient (Wildman–Crippen LogP) is 0.617. The number of carbonyl (C=O) groups excluding carboxylic acids is 3. The molecule has 1 fully saturated rings. The quantitative estimate of drug-likeness (QED) is 0.727. The van der Waals surface area contributed by atoms with Crippen molar-refractivity contribution >= 4 is 17.7 Å². The summed E-state index contributed by atoms with van der Waals surface area (Å²) in [5.41, 5.74) is 8.54. The molecule has 26 heavy (non-hydrogen) atoms. The molecule has 3 N–H and O–H groups in total. The number of rotatable bonds is 6. The molecule has 0 spiro atoms. The zero-order valence-electron chi connectivity index (χ0n) is 15.3. The van der Waals surface area contributed by atoms with E-state index in [1.54, 1.807) is 4.90 Å². The fraction of sp³-hybridized carbons (Fsp3) is 0.526. The summed E-state index contributed by atoms with van der Waals surface area (Å²) < 4.78 is 0. The van der Waals surface area contributed by atoms with Crippen LogP contribution in [0, 0.1) is 0 Å². The van der Waals surface area contributed by atoms with Gasteiger partial charge in [-0.25, -0.2) is 0 Å². The molecule has 2 aliphatic heterocycles. The Morgan fingerprint density at radius 1 is 1.35 bits per heavy atom. The molecule has 0 aromatic heterocycles. The topological polar surface area (TPSA) is 95.7 Å². The maximum atomic E-state index is 12.8. The first-order valence-electron chi connectivity index (χ1n) is 9.13. The van der Waals surface area contributed by atoms with Crippen LogP contribution in [-0.4, -0.2) is 52.7 Å². The van der Waals surface area contributed by atoms with Crippen LogP contribution in [0.3, 0.4) is 0 Å². The van der Waals surface area contributed by atoms with Crippen LogP contribution < -0.4 is 11.1 Å². The summed E-state index contributed by atoms with van der Waals surface area (Å²) >= 11 is 0. The Morgan fingerprint density at radius 3 is 2.77 bits per heavy atom. The highest BCUT2D eigenvalue weighted by atomic mass is 16.2. The molecule has 2 heterocycles. The largest absolute Gasteiger partial charge is 0.327 e. The minimum atomic E-state index is -0.568. The van der Waals surface area contributed by atoms with Crippen molar-refractivity contribution in [1.82, 2.24) is 15.1 Å². The Balaban J connectivity index is 1.74. The Kier molecular flexibility index (Phi) is 5.38. The van der Waals surface area contributed by atoms with Crippen molar-refractivity contribution in [2.45, 2.75) is 51.9 Å². The van der Waals surface area contributed by atoms with E-state index >= 15 is 0 Å². The van der Waals surface area contributed by atoms with E-state index in [2.05, 4.69) is 17.1 Å². The van der Waals surface area contributed by atoms with Crippen LogP contribution in [0.2, 0.25) is 0 Å². The lowest BCUT2D eigenvalue weighted by Crippen LogP contribution is -2.52. The number of nitrogens with zero attached hydrogens (tertiary/aromatic N) is 2. The summed E-state index contributed by atoms with van der Waals surface area (Å²) in [5.74, 6) is -0.783. The van der Waals surface area contributed by atoms with Gasteiger partial charge >= 0.3 is 0 Å². The van der Waals surface area contributed by atoms with Gasteiger partial charge in [-0.3, -0.25) is 24.6 Å². The van der Waals surface area contributed by atoms with Crippen molar-refractivity contribution in [3.05, 3.63) is 34.9 Å². The predicted molar refractivity (Wildman–Crippen MR) is 97.1 cm³/mol. The average molecular weight is 358 g/mol. The number of benzene rings is 1. The van der Waals surface area contributed by atoms with Crippen LogP contribution in [0.5, 0.6) is 0 Å². The third-order valence-corrected chi connectivity index (χ3v) is 4.99. The van der Waals surface area contributed by atoms with Gasteiger partial charge in [-0.1, -0.05) is 19.1 Å². The average Bonchev–Trinajstić information content (AvgIpc) is 2.90. The number of carbonyl (C=O) groups is 3. The molecule has 2 unspecified atom stereocenters. The number of likely N-dealkylation sites (N-methyl/N-ethyl adjacent to an activating group) is 1. The molecule has 0 radical (unpaired) electrons. The van der Waals surface area contributed by atoms with Gasteiger partial charge in [0.05, 0.1) is 0 Å². The first-order chi connectivity index (χ1) is 12.4. The molecule has 3 amide bonds. The number of nitrogens with one attached hydrogen (secondary N) is 1. The van der Waals surface area contributed by atoms with E-state index in [1.807, 2.05) is 25.1 Å². The van der Waals surface area contributed by atoms with Gasteiger partial charge in [-0.15, -0.1) is 0 Å². The summed E-state index contributed by atoms with van der Waals surface area (Å²) in [6.07, 6.45) is 0.653. The van der Waals surface area contributed by atoms with E-state index in [4.69, 9.17) is 5.73 Å². The van der Waals surface area contributed by atoms with Crippen molar-refractivity contribution in [3.8, 4) is 0 Å². The molecule has 7 nitrogen and oxygen atoms in total. The standard InChI is InChI=1S/C19H26N4O3/c1-3-22(9-12(2)20)10-13-4-5-14-11-23(19(26)15(14)8-13)16-6-7-17(24)21-18(16)25/h4-5,8,12,16H,3,6-7,9-11,20H2,1-2H3,(H,21,24,25). The van der Waals surface area contributed by atoms with Crippen LogP contribution in [0.1, 0.15) is 48.2 Å². The first-order valence-corrected chi connectivity index (χ1v) is 9.13. The van der Waals surface area contributed by atoms with Crippen molar-refractivity contribution in [2.24, 2.45) is 5.73 Å². The second-order valence-electron chi connectivity index (χ2n) is 7.20. The fourth-order valence-electron chi connectivity index (χ4n) is 3.67. The van der Waals surface area contributed by atoms with E-state index in [0.29, 0.717) is 18.5 Å². The highest BCUT2D eigenvalue weighted by Gasteiger charge is 2.39. The number of imide groups is 1. The molecule has 0 saturated carbocycles. The lowest BCUT2D eigenvalue weighted by molar-refractivity contribution is -0.136. The van der Waals surface area contributed by atoms with Crippen molar-refractivity contribution < 1.29 is 14.4 Å². The highest BCUT2D eigenvalue weighted by molar-refractivity contribution is 6.05. The van der Waals surface area contributed by atoms with Crippen LogP contribution in [-0.2, 0) is 22.7 Å². The Bertz CT molecular complexity index is 731. The molecular formula is C19H26N4O3. The number of hydrogen-bond donors (Lipinski definition) is 2. The third-order valence-electron chi connectivity index (χ3n) is 4.99. The normalized spacial score (nSPS) is 21.2. The van der Waals surface area contributed by atoms with E-state index in [9.17, 15) is 14.4 Å². The van der Waals surface area contributed by atoms with Gasteiger partial charge in [0.1, 0.15) is 6.04 Å². The number of piperidine rings is 1. The smallest absolute Gasteiger partial charge is 0.255 e. The minimum Gasteiger partial charge on any atom is -0.327 e. The zero-order valence-corrected chi connectivity index (χ0v) is 15.3. The molecule has 2 aliphatic rings. The van der Waals surface area contributed by atoms with Crippen LogP contribution >= 0.6 is 0 Å². The second kappa shape index (κ2) is 7.55. The van der Waals surface area contributed by atoms with E-state index < -0.39 is 6.04 Å².